The summed E-state index contributed by atoms with van der Waals surface area (Å²) in [5.41, 5.74) is 5.31. The number of piperidine rings is 1. The maximum atomic E-state index is 12.5. The Balaban J connectivity index is 1.35. The van der Waals surface area contributed by atoms with Gasteiger partial charge in [-0.3, -0.25) is 14.7 Å². The summed E-state index contributed by atoms with van der Waals surface area (Å²) >= 11 is 13.7. The van der Waals surface area contributed by atoms with Gasteiger partial charge in [-0.1, -0.05) is 41.0 Å². The SMILES string of the molecule is CCN=CS/C=C(/c1ccc(OCCCC(=O)NC2CCN(Cc3ccc(Cl)c(Cl)c3)CC2)cc1)N(C)CC. The number of carbonyl (C=O) groups excluding carboxylic acids is 1. The molecule has 2 aromatic rings. The van der Waals surface area contributed by atoms with Gasteiger partial charge in [0.25, 0.3) is 0 Å². The van der Waals surface area contributed by atoms with Crippen molar-refractivity contribution < 1.29 is 9.53 Å². The number of hydrogen-bond acceptors (Lipinski definition) is 6. The van der Waals surface area contributed by atoms with Crippen molar-refractivity contribution in [2.24, 2.45) is 4.99 Å². The molecule has 0 bridgehead atoms. The zero-order valence-corrected chi connectivity index (χ0v) is 25.5. The van der Waals surface area contributed by atoms with Gasteiger partial charge < -0.3 is 15.0 Å². The Morgan fingerprint density at radius 3 is 2.56 bits per heavy atom. The molecule has 0 radical (unpaired) electrons. The van der Waals surface area contributed by atoms with E-state index in [2.05, 4.69) is 51.6 Å². The Morgan fingerprint density at radius 1 is 1.15 bits per heavy atom. The van der Waals surface area contributed by atoms with Crippen LogP contribution in [-0.4, -0.2) is 67.1 Å². The predicted molar refractivity (Wildman–Crippen MR) is 167 cm³/mol. The molecule has 0 saturated carbocycles. The number of carbonyl (C=O) groups is 1. The first-order valence-electron chi connectivity index (χ1n) is 13.6. The molecule has 3 rings (SSSR count). The second-order valence-electron chi connectivity index (χ2n) is 9.60. The third kappa shape index (κ3) is 10.7. The van der Waals surface area contributed by atoms with Crippen LogP contribution in [0.4, 0.5) is 0 Å². The van der Waals surface area contributed by atoms with Crippen LogP contribution in [0, 0.1) is 0 Å². The zero-order valence-electron chi connectivity index (χ0n) is 23.2. The summed E-state index contributed by atoms with van der Waals surface area (Å²) in [7, 11) is 2.08. The molecule has 1 aliphatic heterocycles. The summed E-state index contributed by atoms with van der Waals surface area (Å²) < 4.78 is 5.90. The molecule has 0 aromatic heterocycles. The molecule has 1 aliphatic rings. The van der Waals surface area contributed by atoms with Crippen molar-refractivity contribution >= 4 is 52.1 Å². The smallest absolute Gasteiger partial charge is 0.220 e. The van der Waals surface area contributed by atoms with Crippen LogP contribution >= 0.6 is 35.0 Å². The van der Waals surface area contributed by atoms with Crippen LogP contribution in [0.2, 0.25) is 10.0 Å². The van der Waals surface area contributed by atoms with Crippen LogP contribution < -0.4 is 10.1 Å². The maximum Gasteiger partial charge on any atom is 0.220 e. The van der Waals surface area contributed by atoms with E-state index in [1.807, 2.05) is 42.8 Å². The van der Waals surface area contributed by atoms with Gasteiger partial charge in [0.05, 0.1) is 27.9 Å². The van der Waals surface area contributed by atoms with Gasteiger partial charge in [-0.05, 0) is 80.6 Å². The van der Waals surface area contributed by atoms with E-state index in [9.17, 15) is 4.79 Å². The number of ether oxygens (including phenoxy) is 1. The van der Waals surface area contributed by atoms with E-state index in [4.69, 9.17) is 27.9 Å². The van der Waals surface area contributed by atoms with Crippen molar-refractivity contribution in [3.8, 4) is 5.75 Å². The first kappa shape index (κ1) is 31.3. The van der Waals surface area contributed by atoms with E-state index in [1.165, 1.54) is 0 Å². The van der Waals surface area contributed by atoms with E-state index in [0.29, 0.717) is 29.5 Å². The minimum absolute atomic E-state index is 0.0957. The van der Waals surface area contributed by atoms with Crippen LogP contribution in [0.5, 0.6) is 5.75 Å². The molecule has 0 atom stereocenters. The highest BCUT2D eigenvalue weighted by atomic mass is 35.5. The molecule has 0 aliphatic carbocycles. The molecule has 2 aromatic carbocycles. The molecule has 1 amide bonds. The van der Waals surface area contributed by atoms with Gasteiger partial charge in [-0.2, -0.15) is 0 Å². The van der Waals surface area contributed by atoms with Gasteiger partial charge in [-0.25, -0.2) is 0 Å². The van der Waals surface area contributed by atoms with E-state index in [1.54, 1.807) is 11.8 Å². The average Bonchev–Trinajstić information content (AvgIpc) is 2.94. The minimum atomic E-state index is 0.0957. The Labute approximate surface area is 247 Å². The maximum absolute atomic E-state index is 12.5. The quantitative estimate of drug-likeness (QED) is 0.146. The Bertz CT molecular complexity index is 1100. The number of nitrogens with one attached hydrogen (secondary N) is 1. The lowest BCUT2D eigenvalue weighted by Crippen LogP contribution is -2.44. The van der Waals surface area contributed by atoms with E-state index in [-0.39, 0.29) is 11.9 Å². The van der Waals surface area contributed by atoms with E-state index < -0.39 is 0 Å². The van der Waals surface area contributed by atoms with Crippen LogP contribution in [0.25, 0.3) is 5.70 Å². The van der Waals surface area contributed by atoms with Crippen LogP contribution in [-0.2, 0) is 11.3 Å². The number of likely N-dealkylation sites (tertiary alicyclic amines) is 1. The van der Waals surface area contributed by atoms with Crippen LogP contribution in [0.15, 0.2) is 52.9 Å². The highest BCUT2D eigenvalue weighted by molar-refractivity contribution is 8.14. The molecule has 1 heterocycles. The second-order valence-corrected chi connectivity index (χ2v) is 11.1. The highest BCUT2D eigenvalue weighted by Crippen LogP contribution is 2.25. The Kier molecular flexibility index (Phi) is 13.5. The molecule has 39 heavy (non-hydrogen) atoms. The normalized spacial score (nSPS) is 15.1. The van der Waals surface area contributed by atoms with Gasteiger partial charge >= 0.3 is 0 Å². The number of aliphatic imine (C=N–C) groups is 1. The van der Waals surface area contributed by atoms with Crippen molar-refractivity contribution in [2.75, 3.05) is 39.8 Å². The fourth-order valence-electron chi connectivity index (χ4n) is 4.34. The van der Waals surface area contributed by atoms with Crippen molar-refractivity contribution in [1.29, 1.82) is 0 Å². The monoisotopic (exact) mass is 590 g/mol. The molecule has 9 heteroatoms. The summed E-state index contributed by atoms with van der Waals surface area (Å²) in [6, 6.07) is 14.1. The Morgan fingerprint density at radius 2 is 1.90 bits per heavy atom. The summed E-state index contributed by atoms with van der Waals surface area (Å²) in [5.74, 6) is 0.908. The fourth-order valence-corrected chi connectivity index (χ4v) is 5.40. The van der Waals surface area contributed by atoms with Gasteiger partial charge in [0, 0.05) is 57.6 Å². The van der Waals surface area contributed by atoms with Crippen molar-refractivity contribution in [1.82, 2.24) is 15.1 Å². The number of amides is 1. The summed E-state index contributed by atoms with van der Waals surface area (Å²) in [5, 5.41) is 6.49. The first-order chi connectivity index (χ1) is 18.9. The number of nitrogens with zero attached hydrogens (tertiary/aromatic N) is 3. The van der Waals surface area contributed by atoms with Crippen molar-refractivity contribution in [2.45, 2.75) is 52.1 Å². The fraction of sp³-hybridized carbons (Fsp3) is 0.467. The average molecular weight is 592 g/mol. The molecule has 212 valence electrons. The minimum Gasteiger partial charge on any atom is -0.494 e. The zero-order chi connectivity index (χ0) is 28.0. The number of halogens is 2. The molecular formula is C30H40Cl2N4O2S. The predicted octanol–water partition coefficient (Wildman–Crippen LogP) is 6.96. The van der Waals surface area contributed by atoms with Gasteiger partial charge in [0.2, 0.25) is 5.91 Å². The molecule has 0 unspecified atom stereocenters. The lowest BCUT2D eigenvalue weighted by atomic mass is 10.0. The lowest BCUT2D eigenvalue weighted by molar-refractivity contribution is -0.122. The van der Waals surface area contributed by atoms with Gasteiger partial charge in [-0.15, -0.1) is 0 Å². The third-order valence-corrected chi connectivity index (χ3v) is 8.06. The molecule has 1 saturated heterocycles. The number of benzene rings is 2. The van der Waals surface area contributed by atoms with E-state index in [0.717, 1.165) is 68.1 Å². The van der Waals surface area contributed by atoms with Gasteiger partial charge in [0.1, 0.15) is 5.75 Å². The number of rotatable bonds is 14. The first-order valence-corrected chi connectivity index (χ1v) is 15.3. The van der Waals surface area contributed by atoms with Crippen molar-refractivity contribution in [3.63, 3.8) is 0 Å². The topological polar surface area (TPSA) is 57.2 Å². The number of thioether (sulfide) groups is 1. The molecule has 0 spiro atoms. The van der Waals surface area contributed by atoms with E-state index >= 15 is 0 Å². The lowest BCUT2D eigenvalue weighted by Gasteiger charge is -2.32. The molecular weight excluding hydrogens is 551 g/mol. The number of hydrogen-bond donors (Lipinski definition) is 1. The largest absolute Gasteiger partial charge is 0.494 e. The van der Waals surface area contributed by atoms with Crippen LogP contribution in [0.3, 0.4) is 0 Å². The van der Waals surface area contributed by atoms with Crippen molar-refractivity contribution in [3.05, 3.63) is 69.0 Å². The standard InChI is InChI=1S/C30H40Cl2N4O2S/c1-4-33-22-39-21-29(35(3)5-2)24-9-11-26(12-10-24)38-18-6-7-30(37)34-25-14-16-36(17-15-25)20-23-8-13-27(31)28(32)19-23/h8-13,19,21-22,25H,4-7,14-18,20H2,1-3H3,(H,34,37)/b29-21-,33-22?. The third-order valence-electron chi connectivity index (χ3n) is 6.69. The molecule has 1 N–H and O–H groups in total. The summed E-state index contributed by atoms with van der Waals surface area (Å²) in [6.45, 7) is 9.10. The molecule has 6 nitrogen and oxygen atoms in total. The molecule has 1 fully saturated rings. The summed E-state index contributed by atoms with van der Waals surface area (Å²) in [6.07, 6.45) is 3.04. The summed E-state index contributed by atoms with van der Waals surface area (Å²) in [4.78, 5) is 21.3. The van der Waals surface area contributed by atoms with Crippen LogP contribution in [0.1, 0.15) is 50.7 Å². The highest BCUT2D eigenvalue weighted by Gasteiger charge is 2.20. The van der Waals surface area contributed by atoms with Gasteiger partial charge in [0.15, 0.2) is 0 Å². The second kappa shape index (κ2) is 16.8. The Hall–Kier alpha value is -2.19.